The molecule has 0 saturated carbocycles. The monoisotopic (exact) mass is 247 g/mol. The first-order valence-corrected chi connectivity index (χ1v) is 6.26. The first kappa shape index (κ1) is 11.1. The molecule has 1 aromatic rings. The van der Waals surface area contributed by atoms with Crippen LogP contribution in [0, 0.1) is 6.92 Å². The Kier molecular flexibility index (Phi) is 3.43. The summed E-state index contributed by atoms with van der Waals surface area (Å²) in [5.74, 6) is 1.36. The van der Waals surface area contributed by atoms with E-state index in [4.69, 9.17) is 16.3 Å². The van der Waals surface area contributed by atoms with Crippen LogP contribution in [0.5, 0.6) is 0 Å². The normalized spacial score (nSPS) is 27.0. The molecule has 4 nitrogen and oxygen atoms in total. The van der Waals surface area contributed by atoms with Crippen LogP contribution in [0.1, 0.15) is 12.7 Å². The Morgan fingerprint density at radius 2 is 2.40 bits per heavy atom. The summed E-state index contributed by atoms with van der Waals surface area (Å²) in [4.78, 5) is 6.57. The van der Waals surface area contributed by atoms with Gasteiger partial charge in [-0.2, -0.15) is 4.37 Å². The molecule has 2 atom stereocenters. The van der Waals surface area contributed by atoms with Crippen molar-refractivity contribution in [3.05, 3.63) is 5.82 Å². The fourth-order valence-corrected chi connectivity index (χ4v) is 2.56. The van der Waals surface area contributed by atoms with Gasteiger partial charge in [0.25, 0.3) is 0 Å². The topological polar surface area (TPSA) is 38.2 Å². The molecule has 2 heterocycles. The highest BCUT2D eigenvalue weighted by atomic mass is 35.5. The van der Waals surface area contributed by atoms with Gasteiger partial charge in [0.15, 0.2) is 0 Å². The highest BCUT2D eigenvalue weighted by Crippen LogP contribution is 2.22. The molecule has 15 heavy (non-hydrogen) atoms. The molecule has 6 heteroatoms. The van der Waals surface area contributed by atoms with Crippen LogP contribution in [0.25, 0.3) is 0 Å². The summed E-state index contributed by atoms with van der Waals surface area (Å²) in [7, 11) is 0. The average molecular weight is 248 g/mol. The molecule has 0 spiro atoms. The number of rotatable bonds is 2. The van der Waals surface area contributed by atoms with E-state index in [0.717, 1.165) is 24.0 Å². The predicted molar refractivity (Wildman–Crippen MR) is 61.9 cm³/mol. The largest absolute Gasteiger partial charge is 0.370 e. The second-order valence-corrected chi connectivity index (χ2v) is 4.79. The van der Waals surface area contributed by atoms with Gasteiger partial charge in [0.05, 0.1) is 18.1 Å². The molecule has 1 aliphatic heterocycles. The maximum Gasteiger partial charge on any atom is 0.205 e. The molecule has 0 N–H and O–H groups in total. The van der Waals surface area contributed by atoms with Gasteiger partial charge >= 0.3 is 0 Å². The molecule has 84 valence electrons. The highest BCUT2D eigenvalue weighted by molar-refractivity contribution is 7.09. The van der Waals surface area contributed by atoms with Gasteiger partial charge in [-0.3, -0.25) is 0 Å². The van der Waals surface area contributed by atoms with Crippen LogP contribution in [0.4, 0.5) is 5.13 Å². The molecule has 2 unspecified atom stereocenters. The molecule has 1 aromatic heterocycles. The maximum absolute atomic E-state index is 5.82. The fourth-order valence-electron chi connectivity index (χ4n) is 1.70. The lowest BCUT2D eigenvalue weighted by atomic mass is 10.2. The molecular formula is C9H14ClN3OS. The Labute approximate surface area is 98.4 Å². The minimum absolute atomic E-state index is 0.0969. The number of alkyl halides is 1. The van der Waals surface area contributed by atoms with E-state index in [1.54, 1.807) is 0 Å². The second kappa shape index (κ2) is 4.63. The third-order valence-electron chi connectivity index (χ3n) is 2.29. The van der Waals surface area contributed by atoms with E-state index in [1.165, 1.54) is 11.5 Å². The van der Waals surface area contributed by atoms with Gasteiger partial charge < -0.3 is 9.64 Å². The van der Waals surface area contributed by atoms with Crippen molar-refractivity contribution < 1.29 is 4.74 Å². The van der Waals surface area contributed by atoms with E-state index >= 15 is 0 Å². The Morgan fingerprint density at radius 3 is 3.00 bits per heavy atom. The summed E-state index contributed by atoms with van der Waals surface area (Å²) in [5.41, 5.74) is 0. The van der Waals surface area contributed by atoms with E-state index < -0.39 is 0 Å². The molecular weight excluding hydrogens is 234 g/mol. The zero-order valence-corrected chi connectivity index (χ0v) is 10.4. The number of hydrogen-bond acceptors (Lipinski definition) is 5. The first-order chi connectivity index (χ1) is 7.19. The number of morpholine rings is 1. The van der Waals surface area contributed by atoms with E-state index in [9.17, 15) is 0 Å². The number of aryl methyl sites for hydroxylation is 1. The van der Waals surface area contributed by atoms with E-state index in [0.29, 0.717) is 5.88 Å². The molecule has 0 bridgehead atoms. The Bertz CT molecular complexity index is 333. The molecule has 2 rings (SSSR count). The third kappa shape index (κ3) is 2.59. The number of nitrogens with zero attached hydrogens (tertiary/aromatic N) is 3. The van der Waals surface area contributed by atoms with Gasteiger partial charge in [0.1, 0.15) is 5.82 Å². The summed E-state index contributed by atoms with van der Waals surface area (Å²) in [6, 6.07) is 0. The van der Waals surface area contributed by atoms with Crippen LogP contribution in [0.3, 0.4) is 0 Å². The number of anilines is 1. The first-order valence-electron chi connectivity index (χ1n) is 4.95. The Hall–Kier alpha value is -0.390. The second-order valence-electron chi connectivity index (χ2n) is 3.75. The fraction of sp³-hybridized carbons (Fsp3) is 0.778. The van der Waals surface area contributed by atoms with Gasteiger partial charge in [0.2, 0.25) is 5.13 Å². The molecule has 1 aliphatic rings. The molecule has 1 saturated heterocycles. The quantitative estimate of drug-likeness (QED) is 0.746. The maximum atomic E-state index is 5.82. The number of aromatic nitrogens is 2. The average Bonchev–Trinajstić information content (AvgIpc) is 2.64. The van der Waals surface area contributed by atoms with E-state index in [1.807, 2.05) is 6.92 Å². The van der Waals surface area contributed by atoms with Crippen molar-refractivity contribution in [3.63, 3.8) is 0 Å². The molecule has 0 aliphatic carbocycles. The zero-order chi connectivity index (χ0) is 10.8. The Balaban J connectivity index is 2.08. The van der Waals surface area contributed by atoms with Crippen molar-refractivity contribution in [2.45, 2.75) is 26.1 Å². The van der Waals surface area contributed by atoms with Crippen molar-refractivity contribution in [1.82, 2.24) is 9.36 Å². The van der Waals surface area contributed by atoms with Crippen molar-refractivity contribution in [2.75, 3.05) is 23.9 Å². The van der Waals surface area contributed by atoms with E-state index in [2.05, 4.69) is 21.2 Å². The number of hydrogen-bond donors (Lipinski definition) is 0. The van der Waals surface area contributed by atoms with Crippen molar-refractivity contribution in [2.24, 2.45) is 0 Å². The molecule has 0 amide bonds. The van der Waals surface area contributed by atoms with Crippen LogP contribution in [0.15, 0.2) is 0 Å². The van der Waals surface area contributed by atoms with Gasteiger partial charge in [-0.25, -0.2) is 4.98 Å². The number of ether oxygens (including phenoxy) is 1. The summed E-state index contributed by atoms with van der Waals surface area (Å²) >= 11 is 7.26. The number of halogens is 1. The summed E-state index contributed by atoms with van der Waals surface area (Å²) < 4.78 is 9.86. The van der Waals surface area contributed by atoms with Crippen LogP contribution in [0.2, 0.25) is 0 Å². The van der Waals surface area contributed by atoms with Gasteiger partial charge in [-0.05, 0) is 13.8 Å². The lowest BCUT2D eigenvalue weighted by Crippen LogP contribution is -2.47. The smallest absolute Gasteiger partial charge is 0.205 e. The molecule has 0 radical (unpaired) electrons. The molecule has 1 fully saturated rings. The summed E-state index contributed by atoms with van der Waals surface area (Å²) in [6.45, 7) is 5.63. The van der Waals surface area contributed by atoms with Crippen molar-refractivity contribution in [3.8, 4) is 0 Å². The standard InChI is InChI=1S/C9H14ClN3OS/c1-6-4-13(5-8(3-10)14-6)9-11-7(2)12-15-9/h6,8H,3-5H2,1-2H3. The molecule has 0 aromatic carbocycles. The van der Waals surface area contributed by atoms with Crippen LogP contribution >= 0.6 is 23.1 Å². The minimum Gasteiger partial charge on any atom is -0.370 e. The SMILES string of the molecule is Cc1nsc(N2CC(C)OC(CCl)C2)n1. The summed E-state index contributed by atoms with van der Waals surface area (Å²) in [5, 5.41) is 0.970. The lowest BCUT2D eigenvalue weighted by Gasteiger charge is -2.35. The predicted octanol–water partition coefficient (Wildman–Crippen LogP) is 1.68. The van der Waals surface area contributed by atoms with E-state index in [-0.39, 0.29) is 12.2 Å². The highest BCUT2D eigenvalue weighted by Gasteiger charge is 2.26. The van der Waals surface area contributed by atoms with Crippen molar-refractivity contribution in [1.29, 1.82) is 0 Å². The zero-order valence-electron chi connectivity index (χ0n) is 8.81. The summed E-state index contributed by atoms with van der Waals surface area (Å²) in [6.07, 6.45) is 0.298. The van der Waals surface area contributed by atoms with Crippen LogP contribution in [-0.4, -0.2) is 40.5 Å². The van der Waals surface area contributed by atoms with Gasteiger partial charge in [-0.15, -0.1) is 11.6 Å². The van der Waals surface area contributed by atoms with Crippen LogP contribution in [-0.2, 0) is 4.74 Å². The van der Waals surface area contributed by atoms with Crippen LogP contribution < -0.4 is 4.90 Å². The van der Waals surface area contributed by atoms with Crippen molar-refractivity contribution >= 4 is 28.3 Å². The lowest BCUT2D eigenvalue weighted by molar-refractivity contribution is -0.00334. The van der Waals surface area contributed by atoms with Gasteiger partial charge in [0, 0.05) is 24.6 Å². The minimum atomic E-state index is 0.0969. The Morgan fingerprint density at radius 1 is 1.60 bits per heavy atom. The van der Waals surface area contributed by atoms with Gasteiger partial charge in [-0.1, -0.05) is 0 Å². The third-order valence-corrected chi connectivity index (χ3v) is 3.50.